The monoisotopic (exact) mass is 288 g/mol. The molecule has 0 spiro atoms. The number of nitrogens with zero attached hydrogens (tertiary/aromatic N) is 1. The van der Waals surface area contributed by atoms with Gasteiger partial charge in [-0.1, -0.05) is 26.7 Å². The van der Waals surface area contributed by atoms with Gasteiger partial charge in [0, 0.05) is 24.9 Å². The van der Waals surface area contributed by atoms with Crippen LogP contribution in [0.4, 0.5) is 4.79 Å². The molecule has 1 fully saturated rings. The molecule has 0 aliphatic heterocycles. The third-order valence-corrected chi connectivity index (χ3v) is 3.73. The number of nitrogens with one attached hydrogen (secondary N) is 1. The maximum atomic E-state index is 12.2. The molecule has 4 nitrogen and oxygen atoms in total. The summed E-state index contributed by atoms with van der Waals surface area (Å²) in [6, 6.07) is 0.0465. The largest absolute Gasteiger partial charge is 0.324 e. The van der Waals surface area contributed by atoms with Gasteiger partial charge in [0.15, 0.2) is 0 Å². The molecule has 0 radical (unpaired) electrons. The SMILES string of the molecule is CC(C)CCN(C(=O)NC(=O)CCCl)C1CCCC1. The van der Waals surface area contributed by atoms with Crippen molar-refractivity contribution in [3.63, 3.8) is 0 Å². The molecule has 5 heteroatoms. The van der Waals surface area contributed by atoms with E-state index >= 15 is 0 Å². The average molecular weight is 289 g/mol. The van der Waals surface area contributed by atoms with E-state index < -0.39 is 0 Å². The lowest BCUT2D eigenvalue weighted by atomic mass is 10.1. The van der Waals surface area contributed by atoms with Gasteiger partial charge >= 0.3 is 6.03 Å². The Hall–Kier alpha value is -0.770. The molecule has 3 amide bonds. The Bertz CT molecular complexity index is 302. The smallest absolute Gasteiger partial charge is 0.321 e. The second-order valence-corrected chi connectivity index (χ2v) is 5.98. The van der Waals surface area contributed by atoms with Crippen LogP contribution in [0.3, 0.4) is 0 Å². The van der Waals surface area contributed by atoms with Crippen molar-refractivity contribution in [2.24, 2.45) is 5.92 Å². The summed E-state index contributed by atoms with van der Waals surface area (Å²) in [7, 11) is 0. The summed E-state index contributed by atoms with van der Waals surface area (Å²) < 4.78 is 0. The van der Waals surface area contributed by atoms with E-state index in [-0.39, 0.29) is 24.2 Å². The normalized spacial score (nSPS) is 15.8. The number of rotatable bonds is 6. The predicted octanol–water partition coefficient (Wildman–Crippen LogP) is 3.14. The van der Waals surface area contributed by atoms with Gasteiger partial charge in [-0.05, 0) is 25.2 Å². The zero-order chi connectivity index (χ0) is 14.3. The van der Waals surface area contributed by atoms with Gasteiger partial charge in [-0.3, -0.25) is 10.1 Å². The highest BCUT2D eigenvalue weighted by Crippen LogP contribution is 2.24. The molecule has 110 valence electrons. The summed E-state index contributed by atoms with van der Waals surface area (Å²) >= 11 is 5.50. The lowest BCUT2D eigenvalue weighted by Crippen LogP contribution is -2.47. The van der Waals surface area contributed by atoms with Crippen LogP contribution >= 0.6 is 11.6 Å². The summed E-state index contributed by atoms with van der Waals surface area (Å²) in [6.45, 7) is 5.01. The quantitative estimate of drug-likeness (QED) is 0.763. The molecule has 0 aromatic heterocycles. The number of urea groups is 1. The second kappa shape index (κ2) is 8.41. The fraction of sp³-hybridized carbons (Fsp3) is 0.857. The van der Waals surface area contributed by atoms with Crippen LogP contribution in [-0.4, -0.2) is 35.3 Å². The number of hydrogen-bond acceptors (Lipinski definition) is 2. The number of carbonyl (C=O) groups excluding carboxylic acids is 2. The maximum Gasteiger partial charge on any atom is 0.324 e. The van der Waals surface area contributed by atoms with Crippen LogP contribution in [0.1, 0.15) is 52.4 Å². The Morgan fingerprint density at radius 1 is 1.32 bits per heavy atom. The van der Waals surface area contributed by atoms with Crippen molar-refractivity contribution in [2.75, 3.05) is 12.4 Å². The molecule has 19 heavy (non-hydrogen) atoms. The lowest BCUT2D eigenvalue weighted by Gasteiger charge is -2.29. The number of alkyl halides is 1. The summed E-state index contributed by atoms with van der Waals surface area (Å²) in [5.41, 5.74) is 0. The minimum absolute atomic E-state index is 0.190. The van der Waals surface area contributed by atoms with E-state index in [0.717, 1.165) is 25.8 Å². The Labute approximate surface area is 120 Å². The Kier molecular flexibility index (Phi) is 7.21. The molecule has 1 aliphatic carbocycles. The Morgan fingerprint density at radius 3 is 2.47 bits per heavy atom. The van der Waals surface area contributed by atoms with Gasteiger partial charge in [0.1, 0.15) is 0 Å². The van der Waals surface area contributed by atoms with Crippen LogP contribution in [0.2, 0.25) is 0 Å². The Morgan fingerprint density at radius 2 is 1.95 bits per heavy atom. The van der Waals surface area contributed by atoms with Crippen LogP contribution in [0.5, 0.6) is 0 Å². The van der Waals surface area contributed by atoms with E-state index in [2.05, 4.69) is 19.2 Å². The van der Waals surface area contributed by atoms with Crippen LogP contribution in [0.25, 0.3) is 0 Å². The summed E-state index contributed by atoms with van der Waals surface area (Å²) in [5.74, 6) is 0.511. The van der Waals surface area contributed by atoms with E-state index in [4.69, 9.17) is 11.6 Å². The van der Waals surface area contributed by atoms with Gasteiger partial charge < -0.3 is 4.90 Å². The maximum absolute atomic E-state index is 12.2. The highest BCUT2D eigenvalue weighted by molar-refractivity contribution is 6.19. The van der Waals surface area contributed by atoms with Crippen molar-refractivity contribution in [1.29, 1.82) is 0 Å². The molecule has 0 aromatic rings. The van der Waals surface area contributed by atoms with Crippen molar-refractivity contribution in [2.45, 2.75) is 58.4 Å². The van der Waals surface area contributed by atoms with Gasteiger partial charge in [-0.15, -0.1) is 11.6 Å². The minimum atomic E-state index is -0.285. The number of imide groups is 1. The topological polar surface area (TPSA) is 49.4 Å². The van der Waals surface area contributed by atoms with Crippen molar-refractivity contribution in [3.8, 4) is 0 Å². The number of halogens is 1. The zero-order valence-corrected chi connectivity index (χ0v) is 12.7. The zero-order valence-electron chi connectivity index (χ0n) is 12.0. The van der Waals surface area contributed by atoms with Crippen molar-refractivity contribution >= 4 is 23.5 Å². The standard InChI is InChI=1S/C14H25ClN2O2/c1-11(2)8-10-17(12-5-3-4-6-12)14(19)16-13(18)7-9-15/h11-12H,3-10H2,1-2H3,(H,16,18,19). The van der Waals surface area contributed by atoms with Crippen LogP contribution in [-0.2, 0) is 4.79 Å². The third kappa shape index (κ3) is 5.81. The molecule has 1 N–H and O–H groups in total. The molecule has 1 aliphatic rings. The third-order valence-electron chi connectivity index (χ3n) is 3.54. The molecular weight excluding hydrogens is 264 g/mol. The molecule has 0 heterocycles. The first-order valence-electron chi connectivity index (χ1n) is 7.21. The fourth-order valence-corrected chi connectivity index (χ4v) is 2.57. The Balaban J connectivity index is 2.55. The summed E-state index contributed by atoms with van der Waals surface area (Å²) in [6.07, 6.45) is 5.60. The fourth-order valence-electron chi connectivity index (χ4n) is 2.40. The van der Waals surface area contributed by atoms with Crippen LogP contribution in [0, 0.1) is 5.92 Å². The summed E-state index contributed by atoms with van der Waals surface area (Å²) in [5, 5.41) is 2.45. The molecule has 0 unspecified atom stereocenters. The van der Waals surface area contributed by atoms with Crippen molar-refractivity contribution in [1.82, 2.24) is 10.2 Å². The van der Waals surface area contributed by atoms with E-state index in [1.807, 2.05) is 4.90 Å². The van der Waals surface area contributed by atoms with Gasteiger partial charge in [0.05, 0.1) is 0 Å². The highest BCUT2D eigenvalue weighted by atomic mass is 35.5. The van der Waals surface area contributed by atoms with E-state index in [9.17, 15) is 9.59 Å². The molecule has 0 saturated heterocycles. The van der Waals surface area contributed by atoms with Gasteiger partial charge in [0.25, 0.3) is 0 Å². The van der Waals surface area contributed by atoms with Crippen molar-refractivity contribution in [3.05, 3.63) is 0 Å². The predicted molar refractivity (Wildman–Crippen MR) is 77.3 cm³/mol. The highest BCUT2D eigenvalue weighted by Gasteiger charge is 2.27. The first-order chi connectivity index (χ1) is 9.04. The molecule has 0 aromatic carbocycles. The van der Waals surface area contributed by atoms with Crippen molar-refractivity contribution < 1.29 is 9.59 Å². The lowest BCUT2D eigenvalue weighted by molar-refractivity contribution is -0.119. The van der Waals surface area contributed by atoms with E-state index in [1.54, 1.807) is 0 Å². The van der Waals surface area contributed by atoms with Gasteiger partial charge in [-0.25, -0.2) is 4.79 Å². The number of hydrogen-bond donors (Lipinski definition) is 1. The van der Waals surface area contributed by atoms with Crippen LogP contribution < -0.4 is 5.32 Å². The number of carbonyl (C=O) groups is 2. The average Bonchev–Trinajstić information content (AvgIpc) is 2.82. The summed E-state index contributed by atoms with van der Waals surface area (Å²) in [4.78, 5) is 25.5. The molecule has 0 atom stereocenters. The van der Waals surface area contributed by atoms with Crippen LogP contribution in [0.15, 0.2) is 0 Å². The molecular formula is C14H25ClN2O2. The first-order valence-corrected chi connectivity index (χ1v) is 7.74. The number of amides is 3. The van der Waals surface area contributed by atoms with Gasteiger partial charge in [-0.2, -0.15) is 0 Å². The minimum Gasteiger partial charge on any atom is -0.321 e. The second-order valence-electron chi connectivity index (χ2n) is 5.61. The van der Waals surface area contributed by atoms with Gasteiger partial charge in [0.2, 0.25) is 5.91 Å². The van der Waals surface area contributed by atoms with E-state index in [1.165, 1.54) is 12.8 Å². The van der Waals surface area contributed by atoms with E-state index in [0.29, 0.717) is 12.0 Å². The molecule has 1 rings (SSSR count). The molecule has 1 saturated carbocycles. The first kappa shape index (κ1) is 16.3. The molecule has 0 bridgehead atoms.